The number of nitrogens with zero attached hydrogens (tertiary/aromatic N) is 1. The van der Waals surface area contributed by atoms with E-state index in [1.807, 2.05) is 0 Å². The summed E-state index contributed by atoms with van der Waals surface area (Å²) in [5.41, 5.74) is 3.83. The topological polar surface area (TPSA) is 49.9 Å². The average Bonchev–Trinajstić information content (AvgIpc) is 2.47. The molecule has 2 N–H and O–H groups in total. The highest BCUT2D eigenvalue weighted by molar-refractivity contribution is 5.85. The van der Waals surface area contributed by atoms with Gasteiger partial charge in [0.1, 0.15) is 0 Å². The molecular weight excluding hydrogens is 237 g/mol. The van der Waals surface area contributed by atoms with Crippen LogP contribution in [0.2, 0.25) is 0 Å². The molecule has 0 amide bonds. The number of ether oxygens (including phenoxy) is 1. The first-order valence-corrected chi connectivity index (χ1v) is 4.79. The highest BCUT2D eigenvalue weighted by atomic mass is 35.5. The van der Waals surface area contributed by atoms with Crippen molar-refractivity contribution in [1.29, 1.82) is 0 Å². The van der Waals surface area contributed by atoms with Crippen molar-refractivity contribution in [2.75, 3.05) is 19.7 Å². The van der Waals surface area contributed by atoms with Crippen molar-refractivity contribution in [2.24, 2.45) is 0 Å². The predicted octanol–water partition coefficient (Wildman–Crippen LogP) is 1.01. The van der Waals surface area contributed by atoms with Crippen LogP contribution in [0.4, 0.5) is 0 Å². The molecule has 1 saturated heterocycles. The lowest BCUT2D eigenvalue weighted by Crippen LogP contribution is -2.40. The minimum atomic E-state index is 0. The fourth-order valence-electron chi connectivity index (χ4n) is 1.95. The van der Waals surface area contributed by atoms with Crippen LogP contribution in [-0.2, 0) is 17.8 Å². The molecule has 0 atom stereocenters. The second kappa shape index (κ2) is 5.16. The molecule has 3 rings (SSSR count). The SMILES string of the molecule is C1Cc2[nH]nc(C3CNC3)c2CO1.Cl.Cl. The van der Waals surface area contributed by atoms with E-state index < -0.39 is 0 Å². The van der Waals surface area contributed by atoms with E-state index in [1.54, 1.807) is 0 Å². The van der Waals surface area contributed by atoms with Gasteiger partial charge in [0.2, 0.25) is 0 Å². The number of hydrogen-bond donors (Lipinski definition) is 2. The molecule has 2 aliphatic rings. The Morgan fingerprint density at radius 1 is 1.27 bits per heavy atom. The zero-order valence-corrected chi connectivity index (χ0v) is 9.92. The minimum Gasteiger partial charge on any atom is -0.376 e. The van der Waals surface area contributed by atoms with Gasteiger partial charge in [0.05, 0.1) is 18.9 Å². The Hall–Kier alpha value is -0.290. The summed E-state index contributed by atoms with van der Waals surface area (Å²) in [5.74, 6) is 0.613. The van der Waals surface area contributed by atoms with Gasteiger partial charge in [0.15, 0.2) is 0 Å². The number of halogens is 2. The van der Waals surface area contributed by atoms with Gasteiger partial charge in [-0.2, -0.15) is 5.10 Å². The Morgan fingerprint density at radius 2 is 2.07 bits per heavy atom. The fourth-order valence-corrected chi connectivity index (χ4v) is 1.95. The first-order valence-electron chi connectivity index (χ1n) is 4.79. The van der Waals surface area contributed by atoms with E-state index in [9.17, 15) is 0 Å². The number of H-pyrrole nitrogens is 1. The van der Waals surface area contributed by atoms with E-state index >= 15 is 0 Å². The second-order valence-electron chi connectivity index (χ2n) is 3.72. The molecule has 6 heteroatoms. The van der Waals surface area contributed by atoms with Crippen LogP contribution in [0.25, 0.3) is 0 Å². The van der Waals surface area contributed by atoms with Gasteiger partial charge in [-0.15, -0.1) is 24.8 Å². The monoisotopic (exact) mass is 251 g/mol. The Bertz CT molecular complexity index is 325. The summed E-state index contributed by atoms with van der Waals surface area (Å²) < 4.78 is 5.43. The van der Waals surface area contributed by atoms with Crippen molar-refractivity contribution < 1.29 is 4.74 Å². The third kappa shape index (κ3) is 2.13. The van der Waals surface area contributed by atoms with Crippen molar-refractivity contribution >= 4 is 24.8 Å². The summed E-state index contributed by atoms with van der Waals surface area (Å²) in [4.78, 5) is 0. The fraction of sp³-hybridized carbons (Fsp3) is 0.667. The lowest BCUT2D eigenvalue weighted by molar-refractivity contribution is 0.109. The third-order valence-electron chi connectivity index (χ3n) is 2.90. The Morgan fingerprint density at radius 3 is 2.73 bits per heavy atom. The zero-order chi connectivity index (χ0) is 8.67. The smallest absolute Gasteiger partial charge is 0.0753 e. The van der Waals surface area contributed by atoms with Crippen LogP contribution >= 0.6 is 24.8 Å². The first kappa shape index (κ1) is 12.8. The molecule has 86 valence electrons. The number of nitrogens with one attached hydrogen (secondary N) is 2. The predicted molar refractivity (Wildman–Crippen MR) is 62.1 cm³/mol. The quantitative estimate of drug-likeness (QED) is 0.784. The molecule has 15 heavy (non-hydrogen) atoms. The standard InChI is InChI=1S/C9H13N3O.2ClH/c1-2-13-5-7-8(1)11-12-9(7)6-3-10-4-6;;/h6,10H,1-5H2,(H,11,12);2*1H. The van der Waals surface area contributed by atoms with E-state index in [4.69, 9.17) is 4.74 Å². The van der Waals surface area contributed by atoms with Crippen molar-refractivity contribution in [3.8, 4) is 0 Å². The van der Waals surface area contributed by atoms with Gasteiger partial charge in [0, 0.05) is 36.7 Å². The van der Waals surface area contributed by atoms with E-state index in [2.05, 4.69) is 15.5 Å². The van der Waals surface area contributed by atoms with Gasteiger partial charge in [-0.25, -0.2) is 0 Å². The molecule has 0 aromatic carbocycles. The summed E-state index contributed by atoms with van der Waals surface area (Å²) in [6.07, 6.45) is 0.989. The van der Waals surface area contributed by atoms with Crippen LogP contribution in [0.5, 0.6) is 0 Å². The van der Waals surface area contributed by atoms with Crippen LogP contribution in [0.1, 0.15) is 22.9 Å². The highest BCUT2D eigenvalue weighted by Gasteiger charge is 2.27. The normalized spacial score (nSPS) is 19.5. The van der Waals surface area contributed by atoms with Gasteiger partial charge >= 0.3 is 0 Å². The van der Waals surface area contributed by atoms with Crippen LogP contribution in [0.15, 0.2) is 0 Å². The maximum absolute atomic E-state index is 5.43. The maximum Gasteiger partial charge on any atom is 0.0753 e. The van der Waals surface area contributed by atoms with Crippen molar-refractivity contribution in [3.63, 3.8) is 0 Å². The molecular formula is C9H15Cl2N3O. The van der Waals surface area contributed by atoms with Crippen LogP contribution < -0.4 is 5.32 Å². The third-order valence-corrected chi connectivity index (χ3v) is 2.90. The van der Waals surface area contributed by atoms with Crippen molar-refractivity contribution in [3.05, 3.63) is 17.0 Å². The van der Waals surface area contributed by atoms with Crippen molar-refractivity contribution in [2.45, 2.75) is 18.9 Å². The Kier molecular flexibility index (Phi) is 4.40. The van der Waals surface area contributed by atoms with Gasteiger partial charge < -0.3 is 10.1 Å². The Balaban J connectivity index is 0.000000562. The molecule has 0 bridgehead atoms. The molecule has 1 aromatic heterocycles. The van der Waals surface area contributed by atoms with E-state index in [1.165, 1.54) is 17.0 Å². The van der Waals surface area contributed by atoms with Gasteiger partial charge in [-0.1, -0.05) is 0 Å². The lowest BCUT2D eigenvalue weighted by Gasteiger charge is -2.27. The second-order valence-corrected chi connectivity index (χ2v) is 3.72. The molecule has 0 spiro atoms. The molecule has 0 aliphatic carbocycles. The molecule has 3 heterocycles. The zero-order valence-electron chi connectivity index (χ0n) is 8.28. The molecule has 1 fully saturated rings. The number of fused-ring (bicyclic) bond motifs is 1. The van der Waals surface area contributed by atoms with Gasteiger partial charge in [0.25, 0.3) is 0 Å². The van der Waals surface area contributed by atoms with Gasteiger partial charge in [-0.3, -0.25) is 5.10 Å². The number of aromatic amines is 1. The number of hydrogen-bond acceptors (Lipinski definition) is 3. The summed E-state index contributed by atoms with van der Waals surface area (Å²) in [7, 11) is 0. The molecule has 0 saturated carbocycles. The van der Waals surface area contributed by atoms with Gasteiger partial charge in [-0.05, 0) is 0 Å². The largest absolute Gasteiger partial charge is 0.376 e. The molecule has 0 radical (unpaired) electrons. The summed E-state index contributed by atoms with van der Waals surface area (Å²) in [6.45, 7) is 3.71. The summed E-state index contributed by atoms with van der Waals surface area (Å²) in [6, 6.07) is 0. The molecule has 2 aliphatic heterocycles. The Labute approximate surface area is 101 Å². The lowest BCUT2D eigenvalue weighted by atomic mass is 9.94. The van der Waals surface area contributed by atoms with Crippen molar-refractivity contribution in [1.82, 2.24) is 15.5 Å². The first-order chi connectivity index (χ1) is 6.45. The summed E-state index contributed by atoms with van der Waals surface area (Å²) in [5, 5.41) is 10.8. The number of aromatic nitrogens is 2. The molecule has 1 aromatic rings. The highest BCUT2D eigenvalue weighted by Crippen LogP contribution is 2.26. The minimum absolute atomic E-state index is 0. The molecule has 0 unspecified atom stereocenters. The van der Waals surface area contributed by atoms with E-state index in [-0.39, 0.29) is 24.8 Å². The molecule has 4 nitrogen and oxygen atoms in total. The summed E-state index contributed by atoms with van der Waals surface area (Å²) >= 11 is 0. The number of rotatable bonds is 1. The van der Waals surface area contributed by atoms with E-state index in [0.29, 0.717) is 5.92 Å². The van der Waals surface area contributed by atoms with E-state index in [0.717, 1.165) is 32.7 Å². The van der Waals surface area contributed by atoms with Crippen LogP contribution in [0.3, 0.4) is 0 Å². The van der Waals surface area contributed by atoms with Crippen LogP contribution in [-0.4, -0.2) is 29.9 Å². The average molecular weight is 252 g/mol. The maximum atomic E-state index is 5.43. The van der Waals surface area contributed by atoms with Crippen LogP contribution in [0, 0.1) is 0 Å².